The number of hydrogen-bond acceptors (Lipinski definition) is 1. The second kappa shape index (κ2) is 7.03. The van der Waals surface area contributed by atoms with Crippen molar-refractivity contribution in [3.8, 4) is 0 Å². The molecule has 0 aliphatic rings. The Morgan fingerprint density at radius 2 is 1.94 bits per heavy atom. The zero-order valence-electron chi connectivity index (χ0n) is 11.4. The molecule has 0 heterocycles. The Hall–Kier alpha value is -0.530. The van der Waals surface area contributed by atoms with Crippen molar-refractivity contribution in [1.29, 1.82) is 0 Å². The van der Waals surface area contributed by atoms with Gasteiger partial charge in [0.25, 0.3) is 0 Å². The van der Waals surface area contributed by atoms with Gasteiger partial charge in [-0.1, -0.05) is 50.4 Å². The van der Waals surface area contributed by atoms with Crippen LogP contribution in [0.25, 0.3) is 0 Å². The Morgan fingerprint density at radius 1 is 1.24 bits per heavy atom. The highest BCUT2D eigenvalue weighted by Crippen LogP contribution is 2.24. The van der Waals surface area contributed by atoms with Gasteiger partial charge in [-0.2, -0.15) is 0 Å². The molecule has 1 nitrogen and oxygen atoms in total. The maximum Gasteiger partial charge on any atom is 0.0435 e. The van der Waals surface area contributed by atoms with E-state index in [2.05, 4.69) is 38.2 Å². The Bertz CT molecular complexity index is 347. The van der Waals surface area contributed by atoms with Gasteiger partial charge < -0.3 is 5.32 Å². The van der Waals surface area contributed by atoms with E-state index < -0.39 is 0 Å². The summed E-state index contributed by atoms with van der Waals surface area (Å²) in [5, 5.41) is 4.25. The lowest BCUT2D eigenvalue weighted by molar-refractivity contribution is 0.470. The minimum absolute atomic E-state index is 0.449. The fraction of sp³-hybridized carbons (Fsp3) is 0.600. The number of nitrogens with one attached hydrogen (secondary N) is 1. The molecule has 0 spiro atoms. The maximum atomic E-state index is 6.05. The fourth-order valence-corrected chi connectivity index (χ4v) is 2.21. The van der Waals surface area contributed by atoms with Crippen LogP contribution in [0.2, 0.25) is 5.02 Å². The molecule has 96 valence electrons. The van der Waals surface area contributed by atoms with Gasteiger partial charge in [0.1, 0.15) is 0 Å². The van der Waals surface area contributed by atoms with Gasteiger partial charge in [0.2, 0.25) is 0 Å². The normalized spacial score (nSPS) is 13.1. The van der Waals surface area contributed by atoms with Crippen LogP contribution in [-0.4, -0.2) is 7.05 Å². The fourth-order valence-electron chi connectivity index (χ4n) is 2.09. The van der Waals surface area contributed by atoms with Crippen molar-refractivity contribution in [3.63, 3.8) is 0 Å². The summed E-state index contributed by atoms with van der Waals surface area (Å²) < 4.78 is 0. The molecule has 2 heteroatoms. The first-order valence-corrected chi connectivity index (χ1v) is 6.85. The molecule has 0 aliphatic carbocycles. The first kappa shape index (κ1) is 14.5. The van der Waals surface area contributed by atoms with Crippen molar-refractivity contribution in [2.45, 2.75) is 46.1 Å². The first-order chi connectivity index (χ1) is 8.04. The molecule has 1 atom stereocenters. The summed E-state index contributed by atoms with van der Waals surface area (Å²) >= 11 is 6.05. The topological polar surface area (TPSA) is 12.0 Å². The lowest BCUT2D eigenvalue weighted by Crippen LogP contribution is -2.16. The molecular formula is C15H24ClN. The van der Waals surface area contributed by atoms with Crippen LogP contribution >= 0.6 is 11.6 Å². The van der Waals surface area contributed by atoms with Crippen LogP contribution in [0.5, 0.6) is 0 Å². The number of rotatable bonds is 6. The molecule has 0 aliphatic heterocycles. The highest BCUT2D eigenvalue weighted by Gasteiger charge is 2.10. The van der Waals surface area contributed by atoms with Crippen LogP contribution in [0.4, 0.5) is 0 Å². The average molecular weight is 254 g/mol. The lowest BCUT2D eigenvalue weighted by Gasteiger charge is -2.18. The summed E-state index contributed by atoms with van der Waals surface area (Å²) in [7, 11) is 2.03. The SMILES string of the molecule is CNC(CCCC(C)C)c1ccc(Cl)c(C)c1. The lowest BCUT2D eigenvalue weighted by atomic mass is 9.97. The Morgan fingerprint density at radius 3 is 2.47 bits per heavy atom. The molecule has 1 aromatic carbocycles. The zero-order chi connectivity index (χ0) is 12.8. The number of benzene rings is 1. The van der Waals surface area contributed by atoms with Gasteiger partial charge in [0.15, 0.2) is 0 Å². The molecule has 0 saturated heterocycles. The second-order valence-corrected chi connectivity index (χ2v) is 5.58. The van der Waals surface area contributed by atoms with Crippen LogP contribution in [-0.2, 0) is 0 Å². The summed E-state index contributed by atoms with van der Waals surface area (Å²) in [6.45, 7) is 6.62. The minimum Gasteiger partial charge on any atom is -0.313 e. The molecule has 0 saturated carbocycles. The minimum atomic E-state index is 0.449. The zero-order valence-corrected chi connectivity index (χ0v) is 12.1. The van der Waals surface area contributed by atoms with Crippen LogP contribution < -0.4 is 5.32 Å². The van der Waals surface area contributed by atoms with E-state index in [1.165, 1.54) is 24.8 Å². The van der Waals surface area contributed by atoms with E-state index in [0.717, 1.165) is 16.5 Å². The van der Waals surface area contributed by atoms with Crippen molar-refractivity contribution in [2.75, 3.05) is 7.05 Å². The third-order valence-electron chi connectivity index (χ3n) is 3.21. The van der Waals surface area contributed by atoms with Gasteiger partial charge in [0, 0.05) is 11.1 Å². The molecule has 1 N–H and O–H groups in total. The molecule has 0 bridgehead atoms. The third-order valence-corrected chi connectivity index (χ3v) is 3.63. The Kier molecular flexibility index (Phi) is 6.01. The summed E-state index contributed by atoms with van der Waals surface area (Å²) in [6, 6.07) is 6.77. The summed E-state index contributed by atoms with van der Waals surface area (Å²) in [5.41, 5.74) is 2.51. The van der Waals surface area contributed by atoms with E-state index in [0.29, 0.717) is 6.04 Å². The van der Waals surface area contributed by atoms with Gasteiger partial charge in [0.05, 0.1) is 0 Å². The largest absolute Gasteiger partial charge is 0.313 e. The number of aryl methyl sites for hydroxylation is 1. The van der Waals surface area contributed by atoms with Crippen LogP contribution in [0.15, 0.2) is 18.2 Å². The van der Waals surface area contributed by atoms with E-state index >= 15 is 0 Å². The molecule has 0 amide bonds. The predicted octanol–water partition coefficient (Wildman–Crippen LogP) is 4.74. The summed E-state index contributed by atoms with van der Waals surface area (Å²) in [4.78, 5) is 0. The highest BCUT2D eigenvalue weighted by molar-refractivity contribution is 6.31. The van der Waals surface area contributed by atoms with E-state index in [9.17, 15) is 0 Å². The molecule has 0 aromatic heterocycles. The van der Waals surface area contributed by atoms with Crippen molar-refractivity contribution in [3.05, 3.63) is 34.3 Å². The van der Waals surface area contributed by atoms with Crippen molar-refractivity contribution in [1.82, 2.24) is 5.32 Å². The van der Waals surface area contributed by atoms with E-state index in [1.807, 2.05) is 13.1 Å². The number of halogens is 1. The van der Waals surface area contributed by atoms with Crippen LogP contribution in [0.1, 0.15) is 50.3 Å². The molecule has 1 rings (SSSR count). The van der Waals surface area contributed by atoms with Crippen molar-refractivity contribution in [2.24, 2.45) is 5.92 Å². The monoisotopic (exact) mass is 253 g/mol. The molecule has 1 unspecified atom stereocenters. The summed E-state index contributed by atoms with van der Waals surface area (Å²) in [6.07, 6.45) is 3.76. The van der Waals surface area contributed by atoms with Gasteiger partial charge in [-0.3, -0.25) is 0 Å². The maximum absolute atomic E-state index is 6.05. The smallest absolute Gasteiger partial charge is 0.0435 e. The number of hydrogen-bond donors (Lipinski definition) is 1. The van der Waals surface area contributed by atoms with E-state index in [4.69, 9.17) is 11.6 Å². The third kappa shape index (κ3) is 4.69. The van der Waals surface area contributed by atoms with Crippen LogP contribution in [0.3, 0.4) is 0 Å². The van der Waals surface area contributed by atoms with Gasteiger partial charge in [-0.25, -0.2) is 0 Å². The average Bonchev–Trinajstić information content (AvgIpc) is 2.28. The molecule has 17 heavy (non-hydrogen) atoms. The molecule has 0 fully saturated rings. The Labute approximate surface area is 111 Å². The van der Waals surface area contributed by atoms with E-state index in [-0.39, 0.29) is 0 Å². The molecule has 1 aromatic rings. The highest BCUT2D eigenvalue weighted by atomic mass is 35.5. The van der Waals surface area contributed by atoms with Crippen molar-refractivity contribution >= 4 is 11.6 Å². The summed E-state index contributed by atoms with van der Waals surface area (Å²) in [5.74, 6) is 0.791. The van der Waals surface area contributed by atoms with Gasteiger partial charge in [-0.05, 0) is 43.5 Å². The van der Waals surface area contributed by atoms with Crippen LogP contribution in [0, 0.1) is 12.8 Å². The van der Waals surface area contributed by atoms with Gasteiger partial charge in [-0.15, -0.1) is 0 Å². The molecular weight excluding hydrogens is 230 g/mol. The first-order valence-electron chi connectivity index (χ1n) is 6.48. The Balaban J connectivity index is 2.62. The molecule has 0 radical (unpaired) electrons. The second-order valence-electron chi connectivity index (χ2n) is 5.17. The van der Waals surface area contributed by atoms with E-state index in [1.54, 1.807) is 0 Å². The van der Waals surface area contributed by atoms with Crippen molar-refractivity contribution < 1.29 is 0 Å². The standard InChI is InChI=1S/C15H24ClN/c1-11(2)6-5-7-15(17-4)13-8-9-14(16)12(3)10-13/h8-11,15,17H,5-7H2,1-4H3. The predicted molar refractivity (Wildman–Crippen MR) is 76.7 cm³/mol. The quantitative estimate of drug-likeness (QED) is 0.773. The van der Waals surface area contributed by atoms with Gasteiger partial charge >= 0.3 is 0 Å².